The zero-order valence-electron chi connectivity index (χ0n) is 18.6. The van der Waals surface area contributed by atoms with E-state index in [1.165, 1.54) is 5.69 Å². The molecule has 4 aliphatic rings. The van der Waals surface area contributed by atoms with Crippen molar-refractivity contribution < 1.29 is 9.59 Å². The fourth-order valence-electron chi connectivity index (χ4n) is 5.86. The van der Waals surface area contributed by atoms with Gasteiger partial charge in [0.25, 0.3) is 5.91 Å². The Morgan fingerprint density at radius 2 is 1.79 bits per heavy atom. The van der Waals surface area contributed by atoms with E-state index >= 15 is 0 Å². The van der Waals surface area contributed by atoms with Crippen LogP contribution in [0.4, 0.5) is 23.1 Å². The average molecular weight is 448 g/mol. The molecule has 3 fully saturated rings. The van der Waals surface area contributed by atoms with Crippen molar-refractivity contribution in [3.8, 4) is 0 Å². The molecule has 9 heteroatoms. The Hall–Kier alpha value is -3.20. The van der Waals surface area contributed by atoms with E-state index in [0.29, 0.717) is 12.4 Å². The molecule has 1 atom stereocenters. The standard InChI is InChI=1S/C24H29N7O2/c32-20-14-24(22(33)28-20)13-16-15-26-23(29-21(16)31(24)19-3-1-2-4-19)27-17-5-7-18(8-6-17)30-11-9-25-10-12-30/h5-8,15,19,25H,1-4,9-14H2,(H,26,27,29)(H,28,32,33). The van der Waals surface area contributed by atoms with Crippen molar-refractivity contribution in [2.45, 2.75) is 50.1 Å². The van der Waals surface area contributed by atoms with E-state index in [2.05, 4.69) is 42.9 Å². The molecule has 3 N–H and O–H groups in total. The van der Waals surface area contributed by atoms with Crippen LogP contribution in [0.5, 0.6) is 0 Å². The van der Waals surface area contributed by atoms with E-state index in [1.807, 2.05) is 18.3 Å². The molecular weight excluding hydrogens is 418 g/mol. The molecule has 0 bridgehead atoms. The second-order valence-electron chi connectivity index (χ2n) is 9.52. The van der Waals surface area contributed by atoms with Crippen LogP contribution in [-0.4, -0.2) is 59.5 Å². The maximum absolute atomic E-state index is 12.9. The second-order valence-corrected chi connectivity index (χ2v) is 9.52. The minimum atomic E-state index is -0.854. The van der Waals surface area contributed by atoms with Gasteiger partial charge in [-0.1, -0.05) is 12.8 Å². The Morgan fingerprint density at radius 1 is 1.03 bits per heavy atom. The summed E-state index contributed by atoms with van der Waals surface area (Å²) in [5, 5.41) is 9.24. The van der Waals surface area contributed by atoms with Crippen molar-refractivity contribution in [2.75, 3.05) is 41.3 Å². The molecule has 0 radical (unpaired) electrons. The Labute approximate surface area is 193 Å². The number of carbonyl (C=O) groups is 2. The summed E-state index contributed by atoms with van der Waals surface area (Å²) in [4.78, 5) is 39.0. The number of carbonyl (C=O) groups excluding carboxylic acids is 2. The van der Waals surface area contributed by atoms with Crippen LogP contribution in [0.15, 0.2) is 30.5 Å². The fourth-order valence-corrected chi connectivity index (χ4v) is 5.86. The second kappa shape index (κ2) is 7.98. The molecule has 1 aromatic heterocycles. The molecule has 6 rings (SSSR count). The molecule has 1 unspecified atom stereocenters. The van der Waals surface area contributed by atoms with Crippen LogP contribution < -0.4 is 25.8 Å². The van der Waals surface area contributed by atoms with Gasteiger partial charge in [0, 0.05) is 61.8 Å². The molecular formula is C24H29N7O2. The number of fused-ring (bicyclic) bond motifs is 1. The first-order valence-electron chi connectivity index (χ1n) is 11.9. The zero-order valence-corrected chi connectivity index (χ0v) is 18.6. The molecule has 3 aliphatic heterocycles. The molecule has 2 amide bonds. The van der Waals surface area contributed by atoms with Gasteiger partial charge in [0.2, 0.25) is 11.9 Å². The highest BCUT2D eigenvalue weighted by Gasteiger charge is 2.58. The summed E-state index contributed by atoms with van der Waals surface area (Å²) < 4.78 is 0. The number of hydrogen-bond donors (Lipinski definition) is 3. The largest absolute Gasteiger partial charge is 0.369 e. The van der Waals surface area contributed by atoms with Crippen LogP contribution in [0.2, 0.25) is 0 Å². The van der Waals surface area contributed by atoms with Gasteiger partial charge >= 0.3 is 0 Å². The first-order valence-corrected chi connectivity index (χ1v) is 11.9. The van der Waals surface area contributed by atoms with E-state index in [1.54, 1.807) is 0 Å². The summed E-state index contributed by atoms with van der Waals surface area (Å²) in [6.45, 7) is 4.03. The van der Waals surface area contributed by atoms with E-state index in [0.717, 1.165) is 68.9 Å². The van der Waals surface area contributed by atoms with E-state index in [9.17, 15) is 9.59 Å². The number of piperazine rings is 1. The number of nitrogens with zero attached hydrogens (tertiary/aromatic N) is 4. The Kier molecular flexibility index (Phi) is 4.94. The van der Waals surface area contributed by atoms with Gasteiger partial charge in [0.1, 0.15) is 11.4 Å². The maximum atomic E-state index is 12.9. The van der Waals surface area contributed by atoms with Gasteiger partial charge in [-0.2, -0.15) is 4.98 Å². The topological polar surface area (TPSA) is 102 Å². The predicted octanol–water partition coefficient (Wildman–Crippen LogP) is 1.72. The number of hydrogen-bond acceptors (Lipinski definition) is 8. The molecule has 172 valence electrons. The number of benzene rings is 1. The van der Waals surface area contributed by atoms with Gasteiger partial charge in [0.15, 0.2) is 0 Å². The van der Waals surface area contributed by atoms with Gasteiger partial charge < -0.3 is 20.4 Å². The molecule has 2 aromatic rings. The zero-order chi connectivity index (χ0) is 22.4. The number of anilines is 4. The van der Waals surface area contributed by atoms with Crippen molar-refractivity contribution in [3.63, 3.8) is 0 Å². The SMILES string of the molecule is O=C1CC2(Cc3cnc(Nc4ccc(N5CCNCC5)cc4)nc3N2C2CCCC2)C(=O)N1. The lowest BCUT2D eigenvalue weighted by Crippen LogP contribution is -2.56. The third-order valence-corrected chi connectivity index (χ3v) is 7.44. The lowest BCUT2D eigenvalue weighted by atomic mass is 9.91. The van der Waals surface area contributed by atoms with Crippen molar-refractivity contribution >= 4 is 35.0 Å². The van der Waals surface area contributed by atoms with Crippen LogP contribution in [0, 0.1) is 0 Å². The Bertz CT molecular complexity index is 1080. The van der Waals surface area contributed by atoms with Gasteiger partial charge in [-0.05, 0) is 37.1 Å². The summed E-state index contributed by atoms with van der Waals surface area (Å²) in [5.74, 6) is 0.900. The summed E-state index contributed by atoms with van der Waals surface area (Å²) in [6.07, 6.45) is 6.79. The molecule has 1 spiro atoms. The van der Waals surface area contributed by atoms with Crippen molar-refractivity contribution in [1.82, 2.24) is 20.6 Å². The smallest absolute Gasteiger partial charge is 0.253 e. The van der Waals surface area contributed by atoms with Gasteiger partial charge in [-0.25, -0.2) is 4.98 Å². The third kappa shape index (κ3) is 3.51. The lowest BCUT2D eigenvalue weighted by Gasteiger charge is -2.38. The average Bonchev–Trinajstić information content (AvgIpc) is 3.52. The predicted molar refractivity (Wildman–Crippen MR) is 126 cm³/mol. The summed E-state index contributed by atoms with van der Waals surface area (Å²) >= 11 is 0. The number of imide groups is 1. The Morgan fingerprint density at radius 3 is 2.48 bits per heavy atom. The Balaban J connectivity index is 1.27. The monoisotopic (exact) mass is 447 g/mol. The molecule has 33 heavy (non-hydrogen) atoms. The van der Waals surface area contributed by atoms with E-state index in [-0.39, 0.29) is 24.3 Å². The first kappa shape index (κ1) is 20.4. The highest BCUT2D eigenvalue weighted by molar-refractivity contribution is 6.11. The van der Waals surface area contributed by atoms with Crippen LogP contribution >= 0.6 is 0 Å². The van der Waals surface area contributed by atoms with E-state index in [4.69, 9.17) is 4.98 Å². The summed E-state index contributed by atoms with van der Waals surface area (Å²) in [5.41, 5.74) is 2.21. The maximum Gasteiger partial charge on any atom is 0.253 e. The number of rotatable bonds is 4. The fraction of sp³-hybridized carbons (Fsp3) is 0.500. The van der Waals surface area contributed by atoms with Crippen molar-refractivity contribution in [2.24, 2.45) is 0 Å². The molecule has 2 saturated heterocycles. The first-order chi connectivity index (χ1) is 16.1. The molecule has 1 aliphatic carbocycles. The van der Waals surface area contributed by atoms with Gasteiger partial charge in [-0.15, -0.1) is 0 Å². The number of amides is 2. The minimum Gasteiger partial charge on any atom is -0.369 e. The number of aromatic nitrogens is 2. The van der Waals surface area contributed by atoms with Crippen LogP contribution in [0.3, 0.4) is 0 Å². The van der Waals surface area contributed by atoms with Gasteiger partial charge in [-0.3, -0.25) is 14.9 Å². The van der Waals surface area contributed by atoms with Crippen LogP contribution in [-0.2, 0) is 16.0 Å². The van der Waals surface area contributed by atoms with Crippen LogP contribution in [0.1, 0.15) is 37.7 Å². The molecule has 1 saturated carbocycles. The summed E-state index contributed by atoms with van der Waals surface area (Å²) in [6, 6.07) is 8.56. The number of nitrogens with one attached hydrogen (secondary N) is 3. The van der Waals surface area contributed by atoms with Gasteiger partial charge in [0.05, 0.1) is 6.42 Å². The third-order valence-electron chi connectivity index (χ3n) is 7.44. The van der Waals surface area contributed by atoms with Crippen molar-refractivity contribution in [1.29, 1.82) is 0 Å². The highest BCUT2D eigenvalue weighted by atomic mass is 16.2. The van der Waals surface area contributed by atoms with E-state index < -0.39 is 5.54 Å². The molecule has 1 aromatic carbocycles. The molecule has 9 nitrogen and oxygen atoms in total. The summed E-state index contributed by atoms with van der Waals surface area (Å²) in [7, 11) is 0. The lowest BCUT2D eigenvalue weighted by molar-refractivity contribution is -0.126. The normalized spacial score (nSPS) is 25.1. The highest BCUT2D eigenvalue weighted by Crippen LogP contribution is 2.46. The van der Waals surface area contributed by atoms with Crippen molar-refractivity contribution in [3.05, 3.63) is 36.0 Å². The molecule has 4 heterocycles. The minimum absolute atomic E-state index is 0.189. The van der Waals surface area contributed by atoms with Crippen LogP contribution in [0.25, 0.3) is 0 Å². The quantitative estimate of drug-likeness (QED) is 0.609.